The number of nitrogens with zero attached hydrogens (tertiary/aromatic N) is 3. The number of aromatic nitrogens is 4. The van der Waals surface area contributed by atoms with E-state index in [9.17, 15) is 13.2 Å². The molecule has 0 bridgehead atoms. The minimum absolute atomic E-state index is 0.249. The third kappa shape index (κ3) is 3.72. The quantitative estimate of drug-likeness (QED) is 0.486. The molecule has 0 spiro atoms. The molecule has 3 N–H and O–H groups in total. The topological polar surface area (TPSA) is 103 Å². The van der Waals surface area contributed by atoms with Crippen LogP contribution in [0.15, 0.2) is 40.8 Å². The van der Waals surface area contributed by atoms with Crippen LogP contribution in [0.3, 0.4) is 0 Å². The fourth-order valence-corrected chi connectivity index (χ4v) is 3.09. The number of nitrogens with two attached hydrogens (primary N) is 1. The molecule has 2 heterocycles. The number of furan rings is 1. The van der Waals surface area contributed by atoms with Gasteiger partial charge in [0, 0.05) is 11.1 Å². The van der Waals surface area contributed by atoms with Crippen molar-refractivity contribution in [3.8, 4) is 17.3 Å². The Morgan fingerprint density at radius 3 is 2.71 bits per heavy atom. The van der Waals surface area contributed by atoms with Crippen LogP contribution < -0.4 is 10.5 Å². The summed E-state index contributed by atoms with van der Waals surface area (Å²) in [6.45, 7) is 0. The van der Waals surface area contributed by atoms with E-state index in [-0.39, 0.29) is 18.0 Å². The molecule has 7 nitrogen and oxygen atoms in total. The highest BCUT2D eigenvalue weighted by Crippen LogP contribution is 2.33. The lowest BCUT2D eigenvalue weighted by Crippen LogP contribution is -2.17. The fourth-order valence-electron chi connectivity index (χ4n) is 2.80. The van der Waals surface area contributed by atoms with E-state index in [2.05, 4.69) is 25.4 Å². The van der Waals surface area contributed by atoms with Crippen LogP contribution in [0.5, 0.6) is 5.75 Å². The minimum Gasteiger partial charge on any atom is -0.451 e. The van der Waals surface area contributed by atoms with Crippen molar-refractivity contribution in [3.05, 3.63) is 52.5 Å². The van der Waals surface area contributed by atoms with E-state index >= 15 is 0 Å². The highest BCUT2D eigenvalue weighted by molar-refractivity contribution is 6.35. The number of H-pyrrole nitrogens is 1. The summed E-state index contributed by atoms with van der Waals surface area (Å²) in [5.41, 5.74) is 7.88. The Balaban J connectivity index is 1.67. The van der Waals surface area contributed by atoms with Crippen LogP contribution in [0.2, 0.25) is 5.02 Å². The first kappa shape index (κ1) is 18.1. The maximum atomic E-state index is 12.4. The SMILES string of the molecule is Nc1ccc(OC(F)(F)F)cc1Cc1cc(Cl)c2oc(-c3nn[nH]n3)cc2c1. The monoisotopic (exact) mass is 409 g/mol. The second-order valence-corrected chi connectivity index (χ2v) is 6.33. The number of hydrogen-bond donors (Lipinski definition) is 2. The van der Waals surface area contributed by atoms with Gasteiger partial charge in [-0.3, -0.25) is 0 Å². The van der Waals surface area contributed by atoms with Gasteiger partial charge >= 0.3 is 6.36 Å². The molecule has 0 atom stereocenters. The van der Waals surface area contributed by atoms with E-state index in [0.29, 0.717) is 33.0 Å². The van der Waals surface area contributed by atoms with E-state index in [1.807, 2.05) is 0 Å². The van der Waals surface area contributed by atoms with Crippen molar-refractivity contribution in [3.63, 3.8) is 0 Å². The third-order valence-electron chi connectivity index (χ3n) is 3.94. The third-order valence-corrected chi connectivity index (χ3v) is 4.22. The molecule has 28 heavy (non-hydrogen) atoms. The summed E-state index contributed by atoms with van der Waals surface area (Å²) in [4.78, 5) is 0. The van der Waals surface area contributed by atoms with Gasteiger partial charge in [0.15, 0.2) is 11.3 Å². The van der Waals surface area contributed by atoms with E-state index in [0.717, 1.165) is 11.6 Å². The maximum Gasteiger partial charge on any atom is 0.573 e. The number of halogens is 4. The van der Waals surface area contributed by atoms with Crippen LogP contribution in [0.1, 0.15) is 11.1 Å². The molecule has 0 radical (unpaired) electrons. The Kier molecular flexibility index (Phi) is 4.34. The lowest BCUT2D eigenvalue weighted by molar-refractivity contribution is -0.274. The van der Waals surface area contributed by atoms with Crippen molar-refractivity contribution in [1.82, 2.24) is 20.6 Å². The molecule has 0 aliphatic heterocycles. The minimum atomic E-state index is -4.78. The zero-order chi connectivity index (χ0) is 19.9. The van der Waals surface area contributed by atoms with Gasteiger partial charge in [0.1, 0.15) is 5.75 Å². The second-order valence-electron chi connectivity index (χ2n) is 5.93. The molecule has 144 valence electrons. The van der Waals surface area contributed by atoms with Crippen LogP contribution in [-0.4, -0.2) is 27.0 Å². The largest absolute Gasteiger partial charge is 0.573 e. The number of tetrazole rings is 1. The lowest BCUT2D eigenvalue weighted by atomic mass is 10.0. The zero-order valence-electron chi connectivity index (χ0n) is 13.9. The molecule has 0 amide bonds. The predicted octanol–water partition coefficient (Wildman–Crippen LogP) is 4.34. The summed E-state index contributed by atoms with van der Waals surface area (Å²) in [6, 6.07) is 8.93. The average molecular weight is 410 g/mol. The van der Waals surface area contributed by atoms with Crippen molar-refractivity contribution in [2.75, 3.05) is 5.73 Å². The van der Waals surface area contributed by atoms with Gasteiger partial charge in [0.25, 0.3) is 0 Å². The first-order valence-corrected chi connectivity index (χ1v) is 8.26. The predicted molar refractivity (Wildman–Crippen MR) is 94.7 cm³/mol. The molecule has 4 aromatic rings. The van der Waals surface area contributed by atoms with Crippen LogP contribution in [0.25, 0.3) is 22.6 Å². The van der Waals surface area contributed by atoms with Crippen molar-refractivity contribution in [2.24, 2.45) is 0 Å². The Bertz CT molecular complexity index is 1140. The van der Waals surface area contributed by atoms with Gasteiger partial charge in [-0.25, -0.2) is 0 Å². The summed E-state index contributed by atoms with van der Waals surface area (Å²) in [6.07, 6.45) is -4.53. The molecular weight excluding hydrogens is 399 g/mol. The van der Waals surface area contributed by atoms with Gasteiger partial charge in [0.05, 0.1) is 5.02 Å². The molecule has 11 heteroatoms. The molecule has 0 aliphatic rings. The van der Waals surface area contributed by atoms with Crippen LogP contribution in [0.4, 0.5) is 18.9 Å². The van der Waals surface area contributed by atoms with Crippen LogP contribution in [0, 0.1) is 0 Å². The Morgan fingerprint density at radius 2 is 2.00 bits per heavy atom. The van der Waals surface area contributed by atoms with E-state index < -0.39 is 6.36 Å². The number of ether oxygens (including phenoxy) is 1. The van der Waals surface area contributed by atoms with Crippen LogP contribution >= 0.6 is 11.6 Å². The van der Waals surface area contributed by atoms with Crippen molar-refractivity contribution >= 4 is 28.3 Å². The number of nitrogens with one attached hydrogen (secondary N) is 1. The smallest absolute Gasteiger partial charge is 0.451 e. The summed E-state index contributed by atoms with van der Waals surface area (Å²) in [5.74, 6) is 0.310. The van der Waals surface area contributed by atoms with E-state index in [1.165, 1.54) is 12.1 Å². The van der Waals surface area contributed by atoms with E-state index in [4.69, 9.17) is 21.8 Å². The maximum absolute atomic E-state index is 12.4. The van der Waals surface area contributed by atoms with Gasteiger partial charge < -0.3 is 14.9 Å². The summed E-state index contributed by atoms with van der Waals surface area (Å²) >= 11 is 6.30. The number of rotatable bonds is 4. The molecule has 0 fully saturated rings. The van der Waals surface area contributed by atoms with Gasteiger partial charge in [0.2, 0.25) is 5.82 Å². The molecule has 0 unspecified atom stereocenters. The molecule has 0 aliphatic carbocycles. The average Bonchev–Trinajstić information content (AvgIpc) is 3.25. The first-order valence-electron chi connectivity index (χ1n) is 7.88. The fraction of sp³-hybridized carbons (Fsp3) is 0.118. The Labute approximate surface area is 160 Å². The van der Waals surface area contributed by atoms with Crippen molar-refractivity contribution in [2.45, 2.75) is 12.8 Å². The summed E-state index contributed by atoms with van der Waals surface area (Å²) < 4.78 is 47.0. The number of nitrogen functional groups attached to an aromatic ring is 1. The first-order chi connectivity index (χ1) is 13.3. The Morgan fingerprint density at radius 1 is 1.18 bits per heavy atom. The van der Waals surface area contributed by atoms with Gasteiger partial charge in [-0.1, -0.05) is 11.6 Å². The number of anilines is 1. The van der Waals surface area contributed by atoms with Crippen molar-refractivity contribution in [1.29, 1.82) is 0 Å². The van der Waals surface area contributed by atoms with Crippen molar-refractivity contribution < 1.29 is 22.3 Å². The number of benzene rings is 2. The summed E-state index contributed by atoms with van der Waals surface area (Å²) in [5, 5.41) is 14.5. The van der Waals surface area contributed by atoms with Gasteiger partial charge in [-0.2, -0.15) is 5.21 Å². The molecule has 2 aromatic carbocycles. The number of fused-ring (bicyclic) bond motifs is 1. The number of alkyl halides is 3. The molecule has 0 saturated carbocycles. The standard InChI is InChI=1S/C17H11ClF3N5O2/c18-12-5-8(3-9-6-11(1-2-13(9)22)28-17(19,20)21)4-10-7-14(27-15(10)12)16-23-25-26-24-16/h1-2,4-7H,3,22H2,(H,23,24,25,26). The lowest BCUT2D eigenvalue weighted by Gasteiger charge is -2.12. The van der Waals surface area contributed by atoms with Crippen LogP contribution in [-0.2, 0) is 6.42 Å². The highest BCUT2D eigenvalue weighted by Gasteiger charge is 2.31. The molecule has 4 rings (SSSR count). The van der Waals surface area contributed by atoms with E-state index in [1.54, 1.807) is 18.2 Å². The second kappa shape index (κ2) is 6.71. The van der Waals surface area contributed by atoms with Gasteiger partial charge in [-0.15, -0.1) is 23.4 Å². The molecule has 0 saturated heterocycles. The number of aromatic amines is 1. The zero-order valence-corrected chi connectivity index (χ0v) is 14.7. The molecule has 2 aromatic heterocycles. The molecular formula is C17H11ClF3N5O2. The Hall–Kier alpha value is -3.27. The highest BCUT2D eigenvalue weighted by atomic mass is 35.5. The number of hydrogen-bond acceptors (Lipinski definition) is 6. The normalized spacial score (nSPS) is 11.9. The summed E-state index contributed by atoms with van der Waals surface area (Å²) in [7, 11) is 0. The van der Waals surface area contributed by atoms with Gasteiger partial charge in [-0.05, 0) is 59.2 Å².